The highest BCUT2D eigenvalue weighted by molar-refractivity contribution is 5.78. The first-order valence-electron chi connectivity index (χ1n) is 11.1. The summed E-state index contributed by atoms with van der Waals surface area (Å²) in [5.41, 5.74) is 0.878. The highest BCUT2D eigenvalue weighted by Crippen LogP contribution is 2.40. The molecule has 3 rings (SSSR count). The van der Waals surface area contributed by atoms with Crippen molar-refractivity contribution in [3.05, 3.63) is 29.3 Å². The number of nitrogens with zero attached hydrogens (tertiary/aromatic N) is 1. The van der Waals surface area contributed by atoms with Gasteiger partial charge in [-0.3, -0.25) is 4.90 Å². The molecule has 7 heteroatoms. The monoisotopic (exact) mass is 425 g/mol. The van der Waals surface area contributed by atoms with Gasteiger partial charge in [0.05, 0.1) is 11.7 Å². The van der Waals surface area contributed by atoms with E-state index < -0.39 is 11.7 Å². The maximum absolute atomic E-state index is 13.4. The number of hydrogen-bond acceptors (Lipinski definition) is 4. The van der Waals surface area contributed by atoms with Crippen LogP contribution in [-0.2, 0) is 12.7 Å². The number of halogens is 3. The van der Waals surface area contributed by atoms with Gasteiger partial charge in [-0.1, -0.05) is 13.0 Å². The number of hydrogen-bond donors (Lipinski definition) is 2. The van der Waals surface area contributed by atoms with Crippen molar-refractivity contribution in [3.63, 3.8) is 0 Å². The number of alkyl halides is 3. The van der Waals surface area contributed by atoms with Crippen molar-refractivity contribution < 1.29 is 17.9 Å². The SMILES string of the molecule is CCC(CCC(C)=N)Oc1cc(C(F)(F)F)ccc1CN1CCCC12CCNCC2. The van der Waals surface area contributed by atoms with E-state index in [4.69, 9.17) is 10.1 Å². The van der Waals surface area contributed by atoms with Gasteiger partial charge in [-0.05, 0) is 83.6 Å². The van der Waals surface area contributed by atoms with Gasteiger partial charge in [0, 0.05) is 23.4 Å². The average molecular weight is 426 g/mol. The molecule has 1 aromatic carbocycles. The second-order valence-corrected chi connectivity index (χ2v) is 8.79. The van der Waals surface area contributed by atoms with Crippen molar-refractivity contribution in [1.29, 1.82) is 5.41 Å². The van der Waals surface area contributed by atoms with E-state index in [0.29, 0.717) is 37.3 Å². The summed E-state index contributed by atoms with van der Waals surface area (Å²) < 4.78 is 46.2. The number of likely N-dealkylation sites (tertiary alicyclic amines) is 1. The molecule has 2 N–H and O–H groups in total. The van der Waals surface area contributed by atoms with Gasteiger partial charge >= 0.3 is 6.18 Å². The van der Waals surface area contributed by atoms with E-state index in [2.05, 4.69) is 10.2 Å². The summed E-state index contributed by atoms with van der Waals surface area (Å²) in [7, 11) is 0. The van der Waals surface area contributed by atoms with Gasteiger partial charge < -0.3 is 15.5 Å². The molecule has 0 aliphatic carbocycles. The summed E-state index contributed by atoms with van der Waals surface area (Å²) in [5, 5.41) is 11.1. The summed E-state index contributed by atoms with van der Waals surface area (Å²) in [6, 6.07) is 3.94. The molecule has 2 heterocycles. The lowest BCUT2D eigenvalue weighted by atomic mass is 9.85. The first kappa shape index (κ1) is 23.1. The second-order valence-electron chi connectivity index (χ2n) is 8.79. The van der Waals surface area contributed by atoms with Gasteiger partial charge in [-0.2, -0.15) is 13.2 Å². The largest absolute Gasteiger partial charge is 0.490 e. The maximum atomic E-state index is 13.4. The summed E-state index contributed by atoms with van der Waals surface area (Å²) in [5.74, 6) is 0.343. The summed E-state index contributed by atoms with van der Waals surface area (Å²) in [4.78, 5) is 2.46. The molecule has 0 amide bonds. The Morgan fingerprint density at radius 3 is 2.63 bits per heavy atom. The van der Waals surface area contributed by atoms with E-state index >= 15 is 0 Å². The summed E-state index contributed by atoms with van der Waals surface area (Å²) in [6.45, 7) is 7.30. The lowest BCUT2D eigenvalue weighted by molar-refractivity contribution is -0.137. The Labute approximate surface area is 177 Å². The van der Waals surface area contributed by atoms with Crippen molar-refractivity contribution in [3.8, 4) is 5.75 Å². The van der Waals surface area contributed by atoms with Gasteiger partial charge in [0.15, 0.2) is 0 Å². The molecule has 1 atom stereocenters. The van der Waals surface area contributed by atoms with E-state index in [9.17, 15) is 13.2 Å². The van der Waals surface area contributed by atoms with Crippen LogP contribution in [-0.4, -0.2) is 41.9 Å². The van der Waals surface area contributed by atoms with Crippen molar-refractivity contribution in [2.45, 2.75) is 83.2 Å². The molecular weight excluding hydrogens is 391 g/mol. The van der Waals surface area contributed by atoms with Crippen molar-refractivity contribution in [1.82, 2.24) is 10.2 Å². The van der Waals surface area contributed by atoms with Crippen LogP contribution in [0, 0.1) is 5.41 Å². The van der Waals surface area contributed by atoms with Crippen LogP contribution in [0.15, 0.2) is 18.2 Å². The molecule has 1 spiro atoms. The zero-order chi connectivity index (χ0) is 21.8. The van der Waals surface area contributed by atoms with Crippen LogP contribution < -0.4 is 10.1 Å². The number of piperidine rings is 1. The Kier molecular flexibility index (Phi) is 7.45. The molecule has 0 radical (unpaired) electrons. The smallest absolute Gasteiger partial charge is 0.416 e. The Bertz CT molecular complexity index is 729. The third-order valence-electron chi connectivity index (χ3n) is 6.62. The van der Waals surface area contributed by atoms with Crippen molar-refractivity contribution >= 4 is 5.71 Å². The van der Waals surface area contributed by atoms with Crippen LogP contribution in [0.5, 0.6) is 5.75 Å². The number of rotatable bonds is 8. The summed E-state index contributed by atoms with van der Waals surface area (Å²) in [6.07, 6.45) is 1.79. The van der Waals surface area contributed by atoms with Crippen molar-refractivity contribution in [2.24, 2.45) is 0 Å². The predicted octanol–water partition coefficient (Wildman–Crippen LogP) is 5.40. The standard InChI is InChI=1S/C23H34F3N3O/c1-3-20(8-5-17(2)27)30-21-15-19(23(24,25)26)7-6-18(21)16-29-14-4-9-22(29)10-12-28-13-11-22/h6-7,15,20,27-28H,3-5,8-14,16H2,1-2H3. The lowest BCUT2D eigenvalue weighted by Gasteiger charge is -2.42. The molecule has 30 heavy (non-hydrogen) atoms. The number of nitrogens with one attached hydrogen (secondary N) is 2. The molecular formula is C23H34F3N3O. The fraction of sp³-hybridized carbons (Fsp3) is 0.696. The Balaban J connectivity index is 1.84. The second kappa shape index (κ2) is 9.69. The predicted molar refractivity (Wildman–Crippen MR) is 113 cm³/mol. The maximum Gasteiger partial charge on any atom is 0.416 e. The average Bonchev–Trinajstić information content (AvgIpc) is 3.07. The third-order valence-corrected chi connectivity index (χ3v) is 6.62. The third kappa shape index (κ3) is 5.55. The minimum Gasteiger partial charge on any atom is -0.490 e. The van der Waals surface area contributed by atoms with E-state index in [-0.39, 0.29) is 11.6 Å². The van der Waals surface area contributed by atoms with Crippen LogP contribution >= 0.6 is 0 Å². The quantitative estimate of drug-likeness (QED) is 0.548. The normalized spacial score (nSPS) is 20.4. The number of ether oxygens (including phenoxy) is 1. The molecule has 0 bridgehead atoms. The molecule has 0 saturated carbocycles. The zero-order valence-electron chi connectivity index (χ0n) is 18.1. The fourth-order valence-corrected chi connectivity index (χ4v) is 4.78. The molecule has 1 unspecified atom stereocenters. The highest BCUT2D eigenvalue weighted by atomic mass is 19.4. The fourth-order valence-electron chi connectivity index (χ4n) is 4.78. The first-order valence-corrected chi connectivity index (χ1v) is 11.1. The Hall–Kier alpha value is -1.60. The molecule has 1 aromatic rings. The number of benzene rings is 1. The molecule has 2 saturated heterocycles. The topological polar surface area (TPSA) is 48.4 Å². The first-order chi connectivity index (χ1) is 14.2. The minimum atomic E-state index is -4.40. The van der Waals surface area contributed by atoms with Crippen LogP contribution in [0.25, 0.3) is 0 Å². The molecule has 4 nitrogen and oxygen atoms in total. The van der Waals surface area contributed by atoms with E-state index in [1.165, 1.54) is 12.1 Å². The zero-order valence-corrected chi connectivity index (χ0v) is 18.1. The minimum absolute atomic E-state index is 0.159. The van der Waals surface area contributed by atoms with E-state index in [1.54, 1.807) is 13.0 Å². The van der Waals surface area contributed by atoms with E-state index in [0.717, 1.165) is 50.9 Å². The van der Waals surface area contributed by atoms with Crippen LogP contribution in [0.4, 0.5) is 13.2 Å². The van der Waals surface area contributed by atoms with Crippen LogP contribution in [0.2, 0.25) is 0 Å². The molecule has 2 fully saturated rings. The Morgan fingerprint density at radius 1 is 1.27 bits per heavy atom. The highest BCUT2D eigenvalue weighted by Gasteiger charge is 2.41. The van der Waals surface area contributed by atoms with Crippen molar-refractivity contribution in [2.75, 3.05) is 19.6 Å². The van der Waals surface area contributed by atoms with Gasteiger partial charge in [0.1, 0.15) is 5.75 Å². The van der Waals surface area contributed by atoms with Crippen LogP contribution in [0.3, 0.4) is 0 Å². The van der Waals surface area contributed by atoms with Crippen LogP contribution in [0.1, 0.15) is 69.9 Å². The lowest BCUT2D eigenvalue weighted by Crippen LogP contribution is -2.50. The van der Waals surface area contributed by atoms with Gasteiger partial charge in [-0.15, -0.1) is 0 Å². The van der Waals surface area contributed by atoms with Gasteiger partial charge in [-0.25, -0.2) is 0 Å². The Morgan fingerprint density at radius 2 is 2.00 bits per heavy atom. The van der Waals surface area contributed by atoms with E-state index in [1.807, 2.05) is 6.92 Å². The molecule has 0 aromatic heterocycles. The molecule has 2 aliphatic heterocycles. The van der Waals surface area contributed by atoms with Gasteiger partial charge in [0.25, 0.3) is 0 Å². The molecule has 168 valence electrons. The molecule has 2 aliphatic rings. The van der Waals surface area contributed by atoms with Gasteiger partial charge in [0.2, 0.25) is 0 Å². The summed E-state index contributed by atoms with van der Waals surface area (Å²) >= 11 is 0.